The summed E-state index contributed by atoms with van der Waals surface area (Å²) in [5.41, 5.74) is -0.899. The van der Waals surface area contributed by atoms with E-state index < -0.39 is 23.7 Å². The zero-order valence-electron chi connectivity index (χ0n) is 19.1. The van der Waals surface area contributed by atoms with Crippen LogP contribution in [0, 0.1) is 0 Å². The van der Waals surface area contributed by atoms with Crippen LogP contribution < -0.4 is 10.6 Å². The molecule has 0 unspecified atom stereocenters. The topological polar surface area (TPSA) is 78.4 Å². The lowest BCUT2D eigenvalue weighted by Crippen LogP contribution is -2.29. The Bertz CT molecular complexity index is 715. The number of urea groups is 1. The van der Waals surface area contributed by atoms with Gasteiger partial charge < -0.3 is 15.7 Å². The third kappa shape index (κ3) is 15.5. The van der Waals surface area contributed by atoms with Crippen molar-refractivity contribution in [2.45, 2.75) is 96.1 Å². The Balaban J connectivity index is 1.96. The van der Waals surface area contributed by atoms with Crippen molar-refractivity contribution >= 4 is 29.3 Å². The predicted molar refractivity (Wildman–Crippen MR) is 126 cm³/mol. The summed E-state index contributed by atoms with van der Waals surface area (Å²) in [6.45, 7) is 0.463. The van der Waals surface area contributed by atoms with Crippen LogP contribution in [0.2, 0.25) is 5.02 Å². The Morgan fingerprint density at radius 2 is 1.27 bits per heavy atom. The van der Waals surface area contributed by atoms with Gasteiger partial charge in [-0.1, -0.05) is 82.2 Å². The molecule has 0 heterocycles. The number of halogens is 4. The molecule has 0 aliphatic rings. The van der Waals surface area contributed by atoms with E-state index in [1.165, 1.54) is 44.6 Å². The van der Waals surface area contributed by atoms with Gasteiger partial charge in [0.15, 0.2) is 0 Å². The van der Waals surface area contributed by atoms with Gasteiger partial charge >= 0.3 is 18.2 Å². The number of alkyl halides is 3. The molecular formula is C24H36ClF3N2O3. The number of carboxylic acid groups (broad SMARTS) is 1. The highest BCUT2D eigenvalue weighted by Crippen LogP contribution is 2.33. The summed E-state index contributed by atoms with van der Waals surface area (Å²) in [4.78, 5) is 22.3. The standard InChI is InChI=1S/C24H36ClF3N2O3/c25-20-16-19(24(26,27)28)17-21(18-20)30-23(33)29-15-13-11-9-7-5-3-1-2-4-6-8-10-12-14-22(31)32/h16-18H,1-15H2,(H,31,32)(H2,29,30,33). The summed E-state index contributed by atoms with van der Waals surface area (Å²) in [6.07, 6.45) is 9.99. The minimum absolute atomic E-state index is 0.00510. The highest BCUT2D eigenvalue weighted by Gasteiger charge is 2.31. The van der Waals surface area contributed by atoms with Crippen molar-refractivity contribution in [2.24, 2.45) is 0 Å². The molecular weight excluding hydrogens is 457 g/mol. The largest absolute Gasteiger partial charge is 0.481 e. The number of benzene rings is 1. The molecule has 1 aromatic rings. The summed E-state index contributed by atoms with van der Waals surface area (Å²) in [6, 6.07) is 2.40. The van der Waals surface area contributed by atoms with Gasteiger partial charge in [-0.25, -0.2) is 4.79 Å². The number of rotatable bonds is 17. The van der Waals surface area contributed by atoms with E-state index in [0.717, 1.165) is 57.1 Å². The Morgan fingerprint density at radius 1 is 0.788 bits per heavy atom. The third-order valence-corrected chi connectivity index (χ3v) is 5.55. The van der Waals surface area contributed by atoms with Crippen LogP contribution in [-0.2, 0) is 11.0 Å². The molecule has 0 spiro atoms. The van der Waals surface area contributed by atoms with Crippen molar-refractivity contribution in [1.82, 2.24) is 5.32 Å². The normalized spacial score (nSPS) is 11.4. The molecule has 1 aromatic carbocycles. The highest BCUT2D eigenvalue weighted by atomic mass is 35.5. The quantitative estimate of drug-likeness (QED) is 0.192. The van der Waals surface area contributed by atoms with Gasteiger partial charge in [0.05, 0.1) is 5.56 Å². The van der Waals surface area contributed by atoms with E-state index in [0.29, 0.717) is 6.54 Å². The molecule has 0 saturated heterocycles. The number of amides is 2. The third-order valence-electron chi connectivity index (χ3n) is 5.34. The first-order valence-corrected chi connectivity index (χ1v) is 12.2. The maximum absolute atomic E-state index is 12.8. The second-order valence-electron chi connectivity index (χ2n) is 8.35. The van der Waals surface area contributed by atoms with Crippen molar-refractivity contribution < 1.29 is 27.9 Å². The number of nitrogens with one attached hydrogen (secondary N) is 2. The molecule has 0 bridgehead atoms. The monoisotopic (exact) mass is 492 g/mol. The number of hydrogen-bond donors (Lipinski definition) is 3. The maximum atomic E-state index is 12.8. The van der Waals surface area contributed by atoms with Crippen LogP contribution in [0.1, 0.15) is 95.5 Å². The molecule has 0 saturated carbocycles. The fourth-order valence-electron chi connectivity index (χ4n) is 3.55. The van der Waals surface area contributed by atoms with Crippen molar-refractivity contribution in [1.29, 1.82) is 0 Å². The lowest BCUT2D eigenvalue weighted by atomic mass is 10.0. The van der Waals surface area contributed by atoms with E-state index in [9.17, 15) is 22.8 Å². The molecule has 0 aromatic heterocycles. The van der Waals surface area contributed by atoms with Crippen LogP contribution in [0.4, 0.5) is 23.7 Å². The van der Waals surface area contributed by atoms with Crippen LogP contribution in [0.5, 0.6) is 0 Å². The molecule has 33 heavy (non-hydrogen) atoms. The average molecular weight is 493 g/mol. The van der Waals surface area contributed by atoms with E-state index in [-0.39, 0.29) is 17.1 Å². The lowest BCUT2D eigenvalue weighted by molar-refractivity contribution is -0.138. The molecule has 1 rings (SSSR count). The second kappa shape index (κ2) is 16.6. The molecule has 2 amide bonds. The minimum Gasteiger partial charge on any atom is -0.481 e. The van der Waals surface area contributed by atoms with E-state index in [1.54, 1.807) is 0 Å². The molecule has 0 fully saturated rings. The smallest absolute Gasteiger partial charge is 0.416 e. The van der Waals surface area contributed by atoms with Crippen molar-refractivity contribution in [2.75, 3.05) is 11.9 Å². The molecule has 0 aliphatic heterocycles. The minimum atomic E-state index is -4.53. The number of unbranched alkanes of at least 4 members (excludes halogenated alkanes) is 12. The number of hydrogen-bond acceptors (Lipinski definition) is 2. The summed E-state index contributed by atoms with van der Waals surface area (Å²) in [5.74, 6) is -0.712. The summed E-state index contributed by atoms with van der Waals surface area (Å²) >= 11 is 5.71. The van der Waals surface area contributed by atoms with Crippen molar-refractivity contribution in [3.63, 3.8) is 0 Å². The number of carbonyl (C=O) groups is 2. The van der Waals surface area contributed by atoms with E-state index in [2.05, 4.69) is 10.6 Å². The molecule has 188 valence electrons. The summed E-state index contributed by atoms with van der Waals surface area (Å²) in [7, 11) is 0. The van der Waals surface area contributed by atoms with Crippen LogP contribution in [0.3, 0.4) is 0 Å². The fraction of sp³-hybridized carbons (Fsp3) is 0.667. The van der Waals surface area contributed by atoms with E-state index >= 15 is 0 Å². The van der Waals surface area contributed by atoms with Crippen LogP contribution in [0.15, 0.2) is 18.2 Å². The van der Waals surface area contributed by atoms with Gasteiger partial charge in [-0.2, -0.15) is 13.2 Å². The van der Waals surface area contributed by atoms with Gasteiger partial charge in [0.1, 0.15) is 0 Å². The first kappa shape index (κ1) is 29.1. The molecule has 9 heteroatoms. The van der Waals surface area contributed by atoms with Crippen molar-refractivity contribution in [3.05, 3.63) is 28.8 Å². The maximum Gasteiger partial charge on any atom is 0.416 e. The average Bonchev–Trinajstić information content (AvgIpc) is 2.72. The molecule has 3 N–H and O–H groups in total. The zero-order chi connectivity index (χ0) is 24.5. The summed E-state index contributed by atoms with van der Waals surface area (Å²) < 4.78 is 38.4. The first-order chi connectivity index (χ1) is 15.7. The number of carbonyl (C=O) groups excluding carboxylic acids is 1. The van der Waals surface area contributed by atoms with E-state index in [1.807, 2.05) is 0 Å². The summed E-state index contributed by atoms with van der Waals surface area (Å²) in [5, 5.41) is 13.5. The Kier molecular flexibility index (Phi) is 14.6. The SMILES string of the molecule is O=C(O)CCCCCCCCCCCCCCCNC(=O)Nc1cc(Cl)cc(C(F)(F)F)c1. The van der Waals surface area contributed by atoms with Gasteiger partial charge in [-0.15, -0.1) is 0 Å². The number of aliphatic carboxylic acids is 1. The zero-order valence-corrected chi connectivity index (χ0v) is 19.9. The highest BCUT2D eigenvalue weighted by molar-refractivity contribution is 6.31. The predicted octanol–water partition coefficient (Wildman–Crippen LogP) is 8.03. The molecule has 0 aliphatic carbocycles. The Labute approximate surface area is 199 Å². The Hall–Kier alpha value is -1.96. The Morgan fingerprint density at radius 3 is 1.76 bits per heavy atom. The van der Waals surface area contributed by atoms with Gasteiger partial charge in [0.2, 0.25) is 0 Å². The van der Waals surface area contributed by atoms with Gasteiger partial charge in [0.25, 0.3) is 0 Å². The van der Waals surface area contributed by atoms with Crippen LogP contribution in [-0.4, -0.2) is 23.7 Å². The molecule has 5 nitrogen and oxygen atoms in total. The van der Waals surface area contributed by atoms with Gasteiger partial charge in [-0.3, -0.25) is 4.79 Å². The number of anilines is 1. The number of carboxylic acids is 1. The molecule has 0 atom stereocenters. The first-order valence-electron chi connectivity index (χ1n) is 11.8. The lowest BCUT2D eigenvalue weighted by Gasteiger charge is -2.11. The van der Waals surface area contributed by atoms with Crippen LogP contribution >= 0.6 is 11.6 Å². The molecule has 0 radical (unpaired) electrons. The second-order valence-corrected chi connectivity index (χ2v) is 8.78. The van der Waals surface area contributed by atoms with Gasteiger partial charge in [-0.05, 0) is 31.0 Å². The van der Waals surface area contributed by atoms with Crippen molar-refractivity contribution in [3.8, 4) is 0 Å². The van der Waals surface area contributed by atoms with Gasteiger partial charge in [0, 0.05) is 23.7 Å². The fourth-order valence-corrected chi connectivity index (χ4v) is 3.78. The van der Waals surface area contributed by atoms with Crippen LogP contribution in [0.25, 0.3) is 0 Å². The van der Waals surface area contributed by atoms with E-state index in [4.69, 9.17) is 16.7 Å².